The van der Waals surface area contributed by atoms with Crippen molar-refractivity contribution >= 4 is 11.0 Å². The molecule has 0 amide bonds. The summed E-state index contributed by atoms with van der Waals surface area (Å²) in [7, 11) is 0. The van der Waals surface area contributed by atoms with Gasteiger partial charge in [-0.1, -0.05) is 55.3 Å². The van der Waals surface area contributed by atoms with Gasteiger partial charge >= 0.3 is 20.1 Å². The molecule has 1 aliphatic heterocycles. The number of hydrogen-bond acceptors (Lipinski definition) is 2. The van der Waals surface area contributed by atoms with Crippen molar-refractivity contribution in [2.24, 2.45) is 0 Å². The summed E-state index contributed by atoms with van der Waals surface area (Å²) >= 11 is 0. The van der Waals surface area contributed by atoms with Crippen LogP contribution in [0, 0.1) is 32.3 Å². The van der Waals surface area contributed by atoms with Crippen molar-refractivity contribution in [1.29, 1.82) is 0 Å². The molecule has 3 heterocycles. The van der Waals surface area contributed by atoms with E-state index in [1.54, 1.807) is 6.20 Å². The average molecular weight is 700 g/mol. The van der Waals surface area contributed by atoms with E-state index in [-0.39, 0.29) is 20.1 Å². The van der Waals surface area contributed by atoms with Crippen molar-refractivity contribution in [3.8, 4) is 34.1 Å². The number of fused-ring (bicyclic) bond motifs is 2. The fourth-order valence-corrected chi connectivity index (χ4v) is 5.04. The summed E-state index contributed by atoms with van der Waals surface area (Å²) in [6, 6.07) is 37.0. The number of pyridine rings is 1. The first-order chi connectivity index (χ1) is 19.0. The Balaban J connectivity index is 0.000000209. The zero-order valence-electron chi connectivity index (χ0n) is 22.9. The van der Waals surface area contributed by atoms with Crippen molar-refractivity contribution in [3.63, 3.8) is 0 Å². The van der Waals surface area contributed by atoms with Crippen LogP contribution in [-0.2, 0) is 20.1 Å². The normalized spacial score (nSPS) is 11.2. The maximum atomic E-state index is 6.35. The van der Waals surface area contributed by atoms with E-state index in [1.165, 1.54) is 16.7 Å². The first-order valence-electron chi connectivity index (χ1n) is 13.2. The van der Waals surface area contributed by atoms with E-state index < -0.39 is 0 Å². The molecule has 40 heavy (non-hydrogen) atoms. The SMILES string of the molecule is Cc1cc(C)cc(-n2[c-][n+]3c4c(cccc42)Oc2c-3[c-]ccc2C(C)C)c1.[Ir+3].[c-]1ccccc1-c1ccccn1. The first kappa shape index (κ1) is 27.5. The van der Waals surface area contributed by atoms with Crippen LogP contribution in [0.25, 0.3) is 33.7 Å². The summed E-state index contributed by atoms with van der Waals surface area (Å²) in [6.45, 7) is 8.62. The number of ether oxygens (including phenoxy) is 1. The van der Waals surface area contributed by atoms with Crippen LogP contribution >= 0.6 is 0 Å². The van der Waals surface area contributed by atoms with Crippen LogP contribution < -0.4 is 9.30 Å². The van der Waals surface area contributed by atoms with Crippen molar-refractivity contribution in [3.05, 3.63) is 132 Å². The third kappa shape index (κ3) is 5.23. The number of hydrogen-bond donors (Lipinski definition) is 0. The molecule has 0 fully saturated rings. The second-order valence-corrected chi connectivity index (χ2v) is 10.1. The minimum Gasteiger partial charge on any atom is -0.523 e. The Morgan fingerprint density at radius 3 is 2.35 bits per heavy atom. The molecule has 0 atom stereocenters. The number of para-hydroxylation sites is 1. The van der Waals surface area contributed by atoms with Gasteiger partial charge in [-0.05, 0) is 55.4 Å². The minimum absolute atomic E-state index is 0. The molecule has 5 heteroatoms. The molecule has 2 aromatic heterocycles. The maximum absolute atomic E-state index is 6.35. The van der Waals surface area contributed by atoms with Gasteiger partial charge in [-0.25, -0.2) is 0 Å². The summed E-state index contributed by atoms with van der Waals surface area (Å²) < 4.78 is 10.6. The molecule has 0 aliphatic carbocycles. The smallest absolute Gasteiger partial charge is 0.523 e. The predicted molar refractivity (Wildman–Crippen MR) is 155 cm³/mol. The van der Waals surface area contributed by atoms with Crippen molar-refractivity contribution in [2.45, 2.75) is 33.6 Å². The van der Waals surface area contributed by atoms with Gasteiger partial charge in [-0.2, -0.15) is 18.2 Å². The fourth-order valence-electron chi connectivity index (χ4n) is 5.04. The molecule has 198 valence electrons. The van der Waals surface area contributed by atoms with Gasteiger partial charge in [0.2, 0.25) is 0 Å². The Morgan fingerprint density at radius 1 is 0.850 bits per heavy atom. The third-order valence-corrected chi connectivity index (χ3v) is 6.77. The zero-order valence-corrected chi connectivity index (χ0v) is 25.3. The Bertz CT molecular complexity index is 1720. The second kappa shape index (κ2) is 11.6. The Kier molecular flexibility index (Phi) is 7.97. The molecule has 0 radical (unpaired) electrons. The molecule has 0 unspecified atom stereocenters. The standard InChI is InChI=1S/C24H21N2O.C11H8N.Ir/c1-15(2)19-7-5-9-21-24(19)27-22-10-6-8-20-23(22)26(21)14-25(20)18-12-16(3)11-17(4)13-18;1-2-6-10(7-3-1)11-8-4-5-9-12-11;/h5-8,10-13,15H,1-4H3;1-6,8-9H;/q2*-1;+3. The van der Waals surface area contributed by atoms with Gasteiger partial charge in [-0.3, -0.25) is 4.57 Å². The van der Waals surface area contributed by atoms with E-state index in [0.29, 0.717) is 5.92 Å². The van der Waals surface area contributed by atoms with Crippen LogP contribution in [0.5, 0.6) is 11.5 Å². The van der Waals surface area contributed by atoms with Crippen LogP contribution in [0.15, 0.2) is 97.2 Å². The molecular weight excluding hydrogens is 671 g/mol. The molecule has 6 aromatic rings. The van der Waals surface area contributed by atoms with E-state index in [0.717, 1.165) is 45.2 Å². The zero-order chi connectivity index (χ0) is 26.9. The van der Waals surface area contributed by atoms with Crippen molar-refractivity contribution in [1.82, 2.24) is 9.55 Å². The summed E-state index contributed by atoms with van der Waals surface area (Å²) in [5, 5.41) is 0. The number of rotatable bonds is 3. The molecule has 1 aliphatic rings. The minimum atomic E-state index is 0. The third-order valence-electron chi connectivity index (χ3n) is 6.77. The van der Waals surface area contributed by atoms with Crippen LogP contribution in [0.2, 0.25) is 0 Å². The Morgan fingerprint density at radius 2 is 1.65 bits per heavy atom. The largest absolute Gasteiger partial charge is 3.00 e. The molecule has 0 saturated heterocycles. The monoisotopic (exact) mass is 700 g/mol. The summed E-state index contributed by atoms with van der Waals surface area (Å²) in [4.78, 5) is 4.22. The molecular formula is C35H29IrN3O+. The Hall–Kier alpha value is -4.05. The molecule has 0 N–H and O–H groups in total. The predicted octanol–water partition coefficient (Wildman–Crippen LogP) is 7.90. The summed E-state index contributed by atoms with van der Waals surface area (Å²) in [5.74, 6) is 2.11. The number of aromatic nitrogens is 3. The number of imidazole rings is 1. The number of benzene rings is 4. The number of nitrogens with zero attached hydrogens (tertiary/aromatic N) is 3. The van der Waals surface area contributed by atoms with Gasteiger partial charge in [0.25, 0.3) is 6.33 Å². The van der Waals surface area contributed by atoms with Gasteiger partial charge in [-0.15, -0.1) is 41.5 Å². The van der Waals surface area contributed by atoms with Crippen molar-refractivity contribution < 1.29 is 29.4 Å². The second-order valence-electron chi connectivity index (χ2n) is 10.1. The van der Waals surface area contributed by atoms with E-state index in [2.05, 4.69) is 90.6 Å². The first-order valence-corrected chi connectivity index (χ1v) is 13.2. The topological polar surface area (TPSA) is 30.9 Å². The van der Waals surface area contributed by atoms with Crippen LogP contribution in [-0.4, -0.2) is 9.55 Å². The summed E-state index contributed by atoms with van der Waals surface area (Å²) in [5.41, 5.74) is 9.81. The molecule has 0 spiro atoms. The molecule has 0 saturated carbocycles. The van der Waals surface area contributed by atoms with Crippen molar-refractivity contribution in [2.75, 3.05) is 0 Å². The van der Waals surface area contributed by atoms with Gasteiger partial charge in [0.15, 0.2) is 0 Å². The molecule has 7 rings (SSSR count). The molecule has 0 bridgehead atoms. The quantitative estimate of drug-likeness (QED) is 0.139. The van der Waals surface area contributed by atoms with Gasteiger partial charge in [0, 0.05) is 11.9 Å². The molecule has 4 nitrogen and oxygen atoms in total. The summed E-state index contributed by atoms with van der Waals surface area (Å²) in [6.07, 6.45) is 5.33. The number of aryl methyl sites for hydroxylation is 2. The average Bonchev–Trinajstić information content (AvgIpc) is 3.35. The van der Waals surface area contributed by atoms with Crippen LogP contribution in [0.4, 0.5) is 0 Å². The van der Waals surface area contributed by atoms with Gasteiger partial charge in [0.05, 0.1) is 11.2 Å². The molecule has 4 aromatic carbocycles. The van der Waals surface area contributed by atoms with Crippen LogP contribution in [0.3, 0.4) is 0 Å². The van der Waals surface area contributed by atoms with E-state index >= 15 is 0 Å². The maximum Gasteiger partial charge on any atom is 3.00 e. The Labute approximate surface area is 249 Å². The van der Waals surface area contributed by atoms with Gasteiger partial charge in [0.1, 0.15) is 11.3 Å². The van der Waals surface area contributed by atoms with E-state index in [9.17, 15) is 0 Å². The van der Waals surface area contributed by atoms with E-state index in [1.807, 2.05) is 60.7 Å². The fraction of sp³-hybridized carbons (Fsp3) is 0.143. The van der Waals surface area contributed by atoms with Gasteiger partial charge < -0.3 is 14.3 Å². The van der Waals surface area contributed by atoms with E-state index in [4.69, 9.17) is 4.74 Å². The van der Waals surface area contributed by atoms with Crippen LogP contribution in [0.1, 0.15) is 36.5 Å².